The quantitative estimate of drug-likeness (QED) is 0.359. The highest BCUT2D eigenvalue weighted by Crippen LogP contribution is 2.43. The highest BCUT2D eigenvalue weighted by atomic mass is 35.5. The summed E-state index contributed by atoms with van der Waals surface area (Å²) < 4.78 is 14.6. The van der Waals surface area contributed by atoms with Gasteiger partial charge in [0.1, 0.15) is 11.5 Å². The number of hydrogen-bond donors (Lipinski definition) is 1. The summed E-state index contributed by atoms with van der Waals surface area (Å²) in [5.74, 6) is -2.39. The van der Waals surface area contributed by atoms with E-state index < -0.39 is 33.6 Å². The molecular weight excluding hydrogens is 340 g/mol. The Kier molecular flexibility index (Phi) is 8.18. The van der Waals surface area contributed by atoms with Crippen molar-refractivity contribution in [2.24, 2.45) is 10.8 Å². The maximum atomic E-state index is 12.2. The van der Waals surface area contributed by atoms with Gasteiger partial charge in [-0.05, 0) is 40.5 Å². The van der Waals surface area contributed by atoms with Gasteiger partial charge in [0.2, 0.25) is 0 Å². The van der Waals surface area contributed by atoms with Crippen LogP contribution >= 0.6 is 11.6 Å². The Bertz CT molecular complexity index is 473. The summed E-state index contributed by atoms with van der Waals surface area (Å²) in [6.45, 7) is 6.22. The molecule has 0 fully saturated rings. The summed E-state index contributed by atoms with van der Waals surface area (Å²) in [5, 5.41) is 9.32. The number of carbonyl (C=O) groups is 3. The van der Waals surface area contributed by atoms with Gasteiger partial charge in [0.05, 0.1) is 24.5 Å². The first-order valence-electron chi connectivity index (χ1n) is 7.49. The monoisotopic (exact) mass is 366 g/mol. The van der Waals surface area contributed by atoms with Gasteiger partial charge in [-0.3, -0.25) is 14.4 Å². The highest BCUT2D eigenvalue weighted by Gasteiger charge is 2.49. The Balaban J connectivity index is 5.36. The molecule has 1 N–H and O–H groups in total. The largest absolute Gasteiger partial charge is 0.481 e. The van der Waals surface area contributed by atoms with Crippen LogP contribution in [-0.4, -0.2) is 55.3 Å². The number of rotatable bonds is 10. The van der Waals surface area contributed by atoms with E-state index in [0.29, 0.717) is 0 Å². The van der Waals surface area contributed by atoms with Gasteiger partial charge in [-0.2, -0.15) is 0 Å². The van der Waals surface area contributed by atoms with Crippen LogP contribution in [0.5, 0.6) is 0 Å². The molecule has 0 aromatic carbocycles. The van der Waals surface area contributed by atoms with Crippen molar-refractivity contribution < 1.29 is 33.7 Å². The number of carbonyl (C=O) groups excluding carboxylic acids is 2. The van der Waals surface area contributed by atoms with E-state index in [4.69, 9.17) is 25.8 Å². The van der Waals surface area contributed by atoms with E-state index in [9.17, 15) is 19.5 Å². The van der Waals surface area contributed by atoms with Gasteiger partial charge in [-0.15, -0.1) is 11.6 Å². The SMILES string of the molecule is COCCOC(=O)C(C)(Cl)CC(C)(CC(C)(C)C(=O)O)C(=O)OC. The second kappa shape index (κ2) is 8.67. The number of ether oxygens (including phenoxy) is 3. The minimum absolute atomic E-state index is 0.0349. The average molecular weight is 367 g/mol. The summed E-state index contributed by atoms with van der Waals surface area (Å²) in [4.78, 5) is 34.3. The molecular formula is C16H27ClO7. The third-order valence-electron chi connectivity index (χ3n) is 3.76. The molecule has 0 aromatic heterocycles. The molecule has 0 radical (unpaired) electrons. The Morgan fingerprint density at radius 2 is 1.50 bits per heavy atom. The standard InChI is InChI=1S/C16H27ClO7/c1-14(2,11(18)19)9-15(3,12(20)23-6)10-16(4,17)13(21)24-8-7-22-5/h7-10H2,1-6H3,(H,18,19). The van der Waals surface area contributed by atoms with Crippen LogP contribution in [0.15, 0.2) is 0 Å². The Morgan fingerprint density at radius 1 is 0.958 bits per heavy atom. The normalized spacial score (nSPS) is 16.6. The fourth-order valence-corrected chi connectivity index (χ4v) is 3.03. The molecule has 8 heteroatoms. The number of halogens is 1. The number of esters is 2. The maximum absolute atomic E-state index is 12.2. The Morgan fingerprint density at radius 3 is 1.92 bits per heavy atom. The van der Waals surface area contributed by atoms with Crippen LogP contribution < -0.4 is 0 Å². The first-order valence-corrected chi connectivity index (χ1v) is 7.87. The molecule has 0 saturated carbocycles. The first-order chi connectivity index (χ1) is 10.8. The van der Waals surface area contributed by atoms with Crippen molar-refractivity contribution in [3.05, 3.63) is 0 Å². The lowest BCUT2D eigenvalue weighted by Crippen LogP contribution is -2.44. The van der Waals surface area contributed by atoms with Crippen LogP contribution in [0.3, 0.4) is 0 Å². The summed E-state index contributed by atoms with van der Waals surface area (Å²) in [7, 11) is 2.67. The average Bonchev–Trinajstić information content (AvgIpc) is 2.44. The molecule has 0 spiro atoms. The molecule has 7 nitrogen and oxygen atoms in total. The van der Waals surface area contributed by atoms with Gasteiger partial charge in [-0.25, -0.2) is 0 Å². The van der Waals surface area contributed by atoms with Crippen molar-refractivity contribution >= 4 is 29.5 Å². The fourth-order valence-electron chi connectivity index (χ4n) is 2.68. The zero-order chi connectivity index (χ0) is 19.2. The summed E-state index contributed by atoms with van der Waals surface area (Å²) >= 11 is 6.29. The first kappa shape index (κ1) is 22.7. The van der Waals surface area contributed by atoms with Crippen LogP contribution in [0.2, 0.25) is 0 Å². The van der Waals surface area contributed by atoms with E-state index in [2.05, 4.69) is 0 Å². The second-order valence-corrected chi connectivity index (χ2v) is 7.76. The smallest absolute Gasteiger partial charge is 0.327 e. The number of aliphatic carboxylic acids is 1. The van der Waals surface area contributed by atoms with Crippen molar-refractivity contribution in [3.8, 4) is 0 Å². The van der Waals surface area contributed by atoms with Crippen molar-refractivity contribution in [1.82, 2.24) is 0 Å². The maximum Gasteiger partial charge on any atom is 0.327 e. The number of carboxylic acid groups (broad SMARTS) is 1. The lowest BCUT2D eigenvalue weighted by molar-refractivity contribution is -0.160. The second-order valence-electron chi connectivity index (χ2n) is 6.92. The number of methoxy groups -OCH3 is 2. The molecule has 2 unspecified atom stereocenters. The van der Waals surface area contributed by atoms with Gasteiger partial charge in [-0.1, -0.05) is 0 Å². The van der Waals surface area contributed by atoms with Crippen molar-refractivity contribution in [1.29, 1.82) is 0 Å². The molecule has 0 aliphatic carbocycles. The van der Waals surface area contributed by atoms with Crippen LogP contribution in [-0.2, 0) is 28.6 Å². The Hall–Kier alpha value is -1.34. The molecule has 0 saturated heterocycles. The van der Waals surface area contributed by atoms with Gasteiger partial charge in [0, 0.05) is 7.11 Å². The summed E-state index contributed by atoms with van der Waals surface area (Å²) in [5.41, 5.74) is -2.47. The molecule has 2 atom stereocenters. The number of alkyl halides is 1. The van der Waals surface area contributed by atoms with E-state index in [1.54, 1.807) is 0 Å². The van der Waals surface area contributed by atoms with Gasteiger partial charge < -0.3 is 19.3 Å². The minimum Gasteiger partial charge on any atom is -0.481 e. The van der Waals surface area contributed by atoms with Crippen molar-refractivity contribution in [2.75, 3.05) is 27.4 Å². The van der Waals surface area contributed by atoms with Gasteiger partial charge in [0.25, 0.3) is 0 Å². The molecule has 0 rings (SSSR count). The molecule has 0 aliphatic rings. The molecule has 140 valence electrons. The molecule has 0 bridgehead atoms. The van der Waals surface area contributed by atoms with Gasteiger partial charge >= 0.3 is 17.9 Å². The predicted octanol–water partition coefficient (Wildman–Crippen LogP) is 2.24. The lowest BCUT2D eigenvalue weighted by atomic mass is 9.69. The van der Waals surface area contributed by atoms with E-state index in [1.165, 1.54) is 41.9 Å². The van der Waals surface area contributed by atoms with Gasteiger partial charge in [0.15, 0.2) is 0 Å². The molecule has 0 amide bonds. The molecule has 0 aliphatic heterocycles. The van der Waals surface area contributed by atoms with E-state index in [-0.39, 0.29) is 26.1 Å². The molecule has 0 heterocycles. The van der Waals surface area contributed by atoms with Crippen molar-refractivity contribution in [3.63, 3.8) is 0 Å². The third kappa shape index (κ3) is 6.28. The zero-order valence-electron chi connectivity index (χ0n) is 15.1. The van der Waals surface area contributed by atoms with E-state index >= 15 is 0 Å². The predicted molar refractivity (Wildman–Crippen MR) is 87.9 cm³/mol. The van der Waals surface area contributed by atoms with E-state index in [1.807, 2.05) is 0 Å². The van der Waals surface area contributed by atoms with E-state index in [0.717, 1.165) is 0 Å². The number of hydrogen-bond acceptors (Lipinski definition) is 6. The Labute approximate surface area is 147 Å². The van der Waals surface area contributed by atoms with Crippen LogP contribution in [0, 0.1) is 10.8 Å². The van der Waals surface area contributed by atoms with Crippen molar-refractivity contribution in [2.45, 2.75) is 45.4 Å². The topological polar surface area (TPSA) is 99.1 Å². The highest BCUT2D eigenvalue weighted by molar-refractivity contribution is 6.33. The summed E-state index contributed by atoms with van der Waals surface area (Å²) in [6, 6.07) is 0. The van der Waals surface area contributed by atoms with Crippen LogP contribution in [0.25, 0.3) is 0 Å². The fraction of sp³-hybridized carbons (Fsp3) is 0.812. The van der Waals surface area contributed by atoms with Crippen LogP contribution in [0.1, 0.15) is 40.5 Å². The zero-order valence-corrected chi connectivity index (χ0v) is 15.9. The molecule has 0 aromatic rings. The van der Waals surface area contributed by atoms with Crippen LogP contribution in [0.4, 0.5) is 0 Å². The summed E-state index contributed by atoms with van der Waals surface area (Å²) in [6.07, 6.45) is -0.174. The third-order valence-corrected chi connectivity index (χ3v) is 4.05. The number of carboxylic acids is 1. The minimum atomic E-state index is -1.51. The lowest BCUT2D eigenvalue weighted by Gasteiger charge is -2.36. The molecule has 24 heavy (non-hydrogen) atoms.